The fourth-order valence-corrected chi connectivity index (χ4v) is 2.33. The summed E-state index contributed by atoms with van der Waals surface area (Å²) in [5.41, 5.74) is 7.33. The molecule has 13 heavy (non-hydrogen) atoms. The maximum atomic E-state index is 5.88. The minimum Gasteiger partial charge on any atom is -0.327 e. The van der Waals surface area contributed by atoms with Crippen molar-refractivity contribution in [2.75, 3.05) is 0 Å². The summed E-state index contributed by atoms with van der Waals surface area (Å²) in [5.74, 6) is 1.35. The molecule has 0 heterocycles. The zero-order chi connectivity index (χ0) is 9.42. The monoisotopic (exact) mass is 287 g/mol. The van der Waals surface area contributed by atoms with E-state index in [0.717, 1.165) is 6.42 Å². The minimum atomic E-state index is 0.421. The quantitative estimate of drug-likeness (QED) is 0.790. The Bertz CT molecular complexity index is 293. The average Bonchev–Trinajstić information content (AvgIpc) is 2.15. The largest absolute Gasteiger partial charge is 0.327 e. The first-order chi connectivity index (χ1) is 6.18. The van der Waals surface area contributed by atoms with E-state index < -0.39 is 0 Å². The Labute approximate surface area is 92.9 Å². The fourth-order valence-electron chi connectivity index (χ4n) is 1.97. The van der Waals surface area contributed by atoms with Gasteiger partial charge in [0.25, 0.3) is 0 Å². The molecule has 0 aliphatic heterocycles. The van der Waals surface area contributed by atoms with E-state index in [1.54, 1.807) is 0 Å². The van der Waals surface area contributed by atoms with E-state index in [1.807, 2.05) is 0 Å². The lowest BCUT2D eigenvalue weighted by Crippen LogP contribution is -2.44. The molecule has 0 amide bonds. The molecule has 3 atom stereocenters. The Morgan fingerprint density at radius 3 is 2.38 bits per heavy atom. The van der Waals surface area contributed by atoms with Crippen molar-refractivity contribution in [3.8, 4) is 0 Å². The molecule has 1 aliphatic rings. The van der Waals surface area contributed by atoms with E-state index in [2.05, 4.69) is 53.8 Å². The normalized spacial score (nSPS) is 32.7. The Hall–Kier alpha value is -0.0900. The lowest BCUT2D eigenvalue weighted by Gasteiger charge is -2.40. The summed E-state index contributed by atoms with van der Waals surface area (Å²) in [4.78, 5) is 0. The lowest BCUT2D eigenvalue weighted by atomic mass is 9.67. The van der Waals surface area contributed by atoms with E-state index in [1.165, 1.54) is 9.13 Å². The SMILES string of the molecule is CC1C(N)CC1c1ccc(I)cc1. The summed E-state index contributed by atoms with van der Waals surface area (Å²) in [6, 6.07) is 9.23. The number of hydrogen-bond acceptors (Lipinski definition) is 1. The van der Waals surface area contributed by atoms with Crippen LogP contribution < -0.4 is 5.73 Å². The number of rotatable bonds is 1. The first-order valence-corrected chi connectivity index (χ1v) is 5.77. The van der Waals surface area contributed by atoms with Crippen molar-refractivity contribution in [3.05, 3.63) is 33.4 Å². The van der Waals surface area contributed by atoms with Crippen LogP contribution in [-0.4, -0.2) is 6.04 Å². The predicted molar refractivity (Wildman–Crippen MR) is 63.7 cm³/mol. The van der Waals surface area contributed by atoms with Crippen LogP contribution >= 0.6 is 22.6 Å². The van der Waals surface area contributed by atoms with Crippen LogP contribution in [0.2, 0.25) is 0 Å². The predicted octanol–water partition coefficient (Wildman–Crippen LogP) is 2.74. The molecule has 1 aliphatic carbocycles. The molecule has 2 N–H and O–H groups in total. The molecule has 1 fully saturated rings. The van der Waals surface area contributed by atoms with E-state index in [0.29, 0.717) is 17.9 Å². The van der Waals surface area contributed by atoms with Crippen molar-refractivity contribution in [1.82, 2.24) is 0 Å². The maximum absolute atomic E-state index is 5.88. The molecule has 0 saturated heterocycles. The molecule has 2 rings (SSSR count). The molecule has 0 radical (unpaired) electrons. The van der Waals surface area contributed by atoms with Gasteiger partial charge in [-0.1, -0.05) is 19.1 Å². The zero-order valence-corrected chi connectivity index (χ0v) is 9.86. The van der Waals surface area contributed by atoms with Crippen LogP contribution in [0, 0.1) is 9.49 Å². The van der Waals surface area contributed by atoms with Gasteiger partial charge in [0.05, 0.1) is 0 Å². The summed E-state index contributed by atoms with van der Waals surface area (Å²) in [7, 11) is 0. The third-order valence-electron chi connectivity index (χ3n) is 3.13. The molecule has 0 aromatic heterocycles. The van der Waals surface area contributed by atoms with Gasteiger partial charge in [0, 0.05) is 9.61 Å². The van der Waals surface area contributed by atoms with Crippen molar-refractivity contribution in [1.29, 1.82) is 0 Å². The van der Waals surface area contributed by atoms with Crippen molar-refractivity contribution in [3.63, 3.8) is 0 Å². The van der Waals surface area contributed by atoms with Crippen LogP contribution in [0.3, 0.4) is 0 Å². The number of nitrogens with two attached hydrogens (primary N) is 1. The Morgan fingerprint density at radius 1 is 1.31 bits per heavy atom. The van der Waals surface area contributed by atoms with Gasteiger partial charge >= 0.3 is 0 Å². The summed E-state index contributed by atoms with van der Waals surface area (Å²) < 4.78 is 1.30. The van der Waals surface area contributed by atoms with Crippen LogP contribution in [0.5, 0.6) is 0 Å². The highest BCUT2D eigenvalue weighted by Crippen LogP contribution is 2.41. The van der Waals surface area contributed by atoms with Gasteiger partial charge < -0.3 is 5.73 Å². The molecular weight excluding hydrogens is 273 g/mol. The van der Waals surface area contributed by atoms with Gasteiger partial charge in [-0.05, 0) is 58.5 Å². The second-order valence-corrected chi connectivity index (χ2v) is 5.16. The first-order valence-electron chi connectivity index (χ1n) is 4.69. The van der Waals surface area contributed by atoms with E-state index in [4.69, 9.17) is 5.73 Å². The lowest BCUT2D eigenvalue weighted by molar-refractivity contribution is 0.226. The van der Waals surface area contributed by atoms with Crippen LogP contribution in [-0.2, 0) is 0 Å². The molecule has 0 bridgehead atoms. The first kappa shape index (κ1) is 9.46. The number of benzene rings is 1. The molecule has 2 heteroatoms. The average molecular weight is 287 g/mol. The zero-order valence-electron chi connectivity index (χ0n) is 7.70. The van der Waals surface area contributed by atoms with E-state index in [-0.39, 0.29) is 0 Å². The third kappa shape index (κ3) is 1.74. The molecule has 1 saturated carbocycles. The van der Waals surface area contributed by atoms with Gasteiger partial charge in [0.1, 0.15) is 0 Å². The third-order valence-corrected chi connectivity index (χ3v) is 3.85. The highest BCUT2D eigenvalue weighted by Gasteiger charge is 2.35. The molecule has 1 aromatic carbocycles. The van der Waals surface area contributed by atoms with Gasteiger partial charge in [0.2, 0.25) is 0 Å². The van der Waals surface area contributed by atoms with Gasteiger partial charge in [-0.3, -0.25) is 0 Å². The van der Waals surface area contributed by atoms with Crippen LogP contribution in [0.15, 0.2) is 24.3 Å². The second kappa shape index (κ2) is 3.58. The van der Waals surface area contributed by atoms with Gasteiger partial charge in [-0.25, -0.2) is 0 Å². The van der Waals surface area contributed by atoms with Crippen molar-refractivity contribution < 1.29 is 0 Å². The Morgan fingerprint density at radius 2 is 1.92 bits per heavy atom. The molecule has 1 nitrogen and oxygen atoms in total. The summed E-state index contributed by atoms with van der Waals surface area (Å²) in [6.45, 7) is 2.25. The Balaban J connectivity index is 2.14. The van der Waals surface area contributed by atoms with Crippen LogP contribution in [0.4, 0.5) is 0 Å². The van der Waals surface area contributed by atoms with Gasteiger partial charge in [-0.2, -0.15) is 0 Å². The van der Waals surface area contributed by atoms with Crippen molar-refractivity contribution >= 4 is 22.6 Å². The number of hydrogen-bond donors (Lipinski definition) is 1. The van der Waals surface area contributed by atoms with Gasteiger partial charge in [0.15, 0.2) is 0 Å². The van der Waals surface area contributed by atoms with Crippen LogP contribution in [0.25, 0.3) is 0 Å². The summed E-state index contributed by atoms with van der Waals surface area (Å²) in [6.07, 6.45) is 1.15. The molecule has 0 spiro atoms. The van der Waals surface area contributed by atoms with Crippen molar-refractivity contribution in [2.45, 2.75) is 25.3 Å². The smallest absolute Gasteiger partial charge is 0.0130 e. The van der Waals surface area contributed by atoms with Gasteiger partial charge in [-0.15, -0.1) is 0 Å². The minimum absolute atomic E-state index is 0.421. The molecule has 1 aromatic rings. The summed E-state index contributed by atoms with van der Waals surface area (Å²) >= 11 is 2.33. The highest BCUT2D eigenvalue weighted by atomic mass is 127. The summed E-state index contributed by atoms with van der Waals surface area (Å²) in [5, 5.41) is 0. The Kier molecular flexibility index (Phi) is 2.60. The molecular formula is C11H14IN. The van der Waals surface area contributed by atoms with Crippen molar-refractivity contribution in [2.24, 2.45) is 11.7 Å². The van der Waals surface area contributed by atoms with Crippen LogP contribution in [0.1, 0.15) is 24.8 Å². The second-order valence-electron chi connectivity index (χ2n) is 3.92. The number of halogens is 1. The van der Waals surface area contributed by atoms with E-state index in [9.17, 15) is 0 Å². The standard InChI is InChI=1S/C11H14IN/c1-7-10(6-11(7)13)8-2-4-9(12)5-3-8/h2-5,7,10-11H,6,13H2,1H3. The fraction of sp³-hybridized carbons (Fsp3) is 0.455. The maximum Gasteiger partial charge on any atom is 0.0130 e. The molecule has 3 unspecified atom stereocenters. The van der Waals surface area contributed by atoms with E-state index >= 15 is 0 Å². The highest BCUT2D eigenvalue weighted by molar-refractivity contribution is 14.1. The molecule has 70 valence electrons. The topological polar surface area (TPSA) is 26.0 Å².